The number of hydrogen-bond donors (Lipinski definition) is 1. The minimum atomic E-state index is -0.442. The highest BCUT2D eigenvalue weighted by Gasteiger charge is 2.23. The number of ether oxygens (including phenoxy) is 2. The van der Waals surface area contributed by atoms with Crippen LogP contribution in [0.1, 0.15) is 26.2 Å². The number of nitrogens with zero attached hydrogens (tertiary/aromatic N) is 1. The van der Waals surface area contributed by atoms with E-state index in [1.165, 1.54) is 0 Å². The standard InChI is InChI=1S/C14H20N2O4/c1-2-9-19-12-6-3-7-13(14(12)16(17)18)20-10-11-5-4-8-15-11/h3,6-7,11,15H,2,4-5,8-10H2,1H3. The zero-order chi connectivity index (χ0) is 14.4. The summed E-state index contributed by atoms with van der Waals surface area (Å²) in [6.07, 6.45) is 2.96. The largest absolute Gasteiger partial charge is 0.487 e. The molecule has 1 saturated heterocycles. The van der Waals surface area contributed by atoms with Crippen LogP contribution in [0.4, 0.5) is 5.69 Å². The van der Waals surface area contributed by atoms with Crippen LogP contribution < -0.4 is 14.8 Å². The molecule has 1 atom stereocenters. The maximum Gasteiger partial charge on any atom is 0.352 e. The van der Waals surface area contributed by atoms with Crippen molar-refractivity contribution in [3.8, 4) is 11.5 Å². The van der Waals surface area contributed by atoms with Crippen LogP contribution in [0.25, 0.3) is 0 Å². The van der Waals surface area contributed by atoms with E-state index in [-0.39, 0.29) is 23.2 Å². The number of nitro groups is 1. The first-order chi connectivity index (χ1) is 9.72. The highest BCUT2D eigenvalue weighted by Crippen LogP contribution is 2.36. The molecule has 20 heavy (non-hydrogen) atoms. The summed E-state index contributed by atoms with van der Waals surface area (Å²) in [4.78, 5) is 10.8. The highest BCUT2D eigenvalue weighted by atomic mass is 16.6. The van der Waals surface area contributed by atoms with Crippen LogP contribution in [0.3, 0.4) is 0 Å². The molecular formula is C14H20N2O4. The predicted molar refractivity (Wildman–Crippen MR) is 75.4 cm³/mol. The monoisotopic (exact) mass is 280 g/mol. The number of para-hydroxylation sites is 1. The first kappa shape index (κ1) is 14.6. The van der Waals surface area contributed by atoms with Crippen molar-refractivity contribution < 1.29 is 14.4 Å². The van der Waals surface area contributed by atoms with E-state index in [0.29, 0.717) is 13.2 Å². The SMILES string of the molecule is CCCOc1cccc(OCC2CCCN2)c1[N+](=O)[O-]. The van der Waals surface area contributed by atoms with E-state index in [1.807, 2.05) is 6.92 Å². The van der Waals surface area contributed by atoms with Crippen LogP contribution in [0.15, 0.2) is 18.2 Å². The van der Waals surface area contributed by atoms with Gasteiger partial charge in [-0.3, -0.25) is 10.1 Å². The van der Waals surface area contributed by atoms with E-state index in [9.17, 15) is 10.1 Å². The molecular weight excluding hydrogens is 260 g/mol. The van der Waals surface area contributed by atoms with Crippen LogP contribution in [0, 0.1) is 10.1 Å². The van der Waals surface area contributed by atoms with Crippen molar-refractivity contribution in [3.63, 3.8) is 0 Å². The van der Waals surface area contributed by atoms with Gasteiger partial charge in [-0.15, -0.1) is 0 Å². The third-order valence-electron chi connectivity index (χ3n) is 3.21. The van der Waals surface area contributed by atoms with Crippen molar-refractivity contribution in [2.24, 2.45) is 0 Å². The number of hydrogen-bond acceptors (Lipinski definition) is 5. The van der Waals surface area contributed by atoms with Gasteiger partial charge in [0.2, 0.25) is 11.5 Å². The Morgan fingerprint density at radius 1 is 1.40 bits per heavy atom. The fourth-order valence-corrected chi connectivity index (χ4v) is 2.22. The summed E-state index contributed by atoms with van der Waals surface area (Å²) >= 11 is 0. The second-order valence-corrected chi connectivity index (χ2v) is 4.81. The molecule has 0 bridgehead atoms. The van der Waals surface area contributed by atoms with Gasteiger partial charge in [-0.2, -0.15) is 0 Å². The van der Waals surface area contributed by atoms with Gasteiger partial charge in [0.1, 0.15) is 6.61 Å². The van der Waals surface area contributed by atoms with Gasteiger partial charge in [0.05, 0.1) is 11.5 Å². The van der Waals surface area contributed by atoms with E-state index in [1.54, 1.807) is 18.2 Å². The maximum atomic E-state index is 11.2. The Morgan fingerprint density at radius 2 is 2.15 bits per heavy atom. The Bertz CT molecular complexity index is 458. The lowest BCUT2D eigenvalue weighted by Gasteiger charge is -2.13. The maximum absolute atomic E-state index is 11.2. The van der Waals surface area contributed by atoms with Crippen molar-refractivity contribution >= 4 is 5.69 Å². The summed E-state index contributed by atoms with van der Waals surface area (Å²) in [6.45, 7) is 3.83. The molecule has 1 aliphatic heterocycles. The average molecular weight is 280 g/mol. The van der Waals surface area contributed by atoms with Crippen LogP contribution >= 0.6 is 0 Å². The molecule has 0 radical (unpaired) electrons. The molecule has 0 aliphatic carbocycles. The molecule has 1 N–H and O–H groups in total. The number of rotatable bonds is 7. The molecule has 0 spiro atoms. The smallest absolute Gasteiger partial charge is 0.352 e. The van der Waals surface area contributed by atoms with Crippen molar-refractivity contribution in [2.75, 3.05) is 19.8 Å². The fourth-order valence-electron chi connectivity index (χ4n) is 2.22. The Labute approximate surface area is 118 Å². The Balaban J connectivity index is 2.11. The van der Waals surface area contributed by atoms with E-state index < -0.39 is 4.92 Å². The normalized spacial score (nSPS) is 17.9. The molecule has 2 rings (SSSR count). The van der Waals surface area contributed by atoms with Gasteiger partial charge in [0.25, 0.3) is 0 Å². The van der Waals surface area contributed by atoms with Crippen LogP contribution in [-0.4, -0.2) is 30.7 Å². The van der Waals surface area contributed by atoms with Gasteiger partial charge in [-0.25, -0.2) is 0 Å². The van der Waals surface area contributed by atoms with Crippen molar-refractivity contribution in [2.45, 2.75) is 32.2 Å². The first-order valence-electron chi connectivity index (χ1n) is 6.98. The van der Waals surface area contributed by atoms with Crippen LogP contribution in [0.2, 0.25) is 0 Å². The summed E-state index contributed by atoms with van der Waals surface area (Å²) in [5, 5.41) is 14.5. The Kier molecular flexibility index (Phi) is 5.17. The van der Waals surface area contributed by atoms with E-state index in [2.05, 4.69) is 5.32 Å². The lowest BCUT2D eigenvalue weighted by atomic mass is 10.2. The first-order valence-corrected chi connectivity index (χ1v) is 6.98. The van der Waals surface area contributed by atoms with Crippen molar-refractivity contribution in [1.29, 1.82) is 0 Å². The molecule has 1 aromatic carbocycles. The van der Waals surface area contributed by atoms with Gasteiger partial charge in [-0.1, -0.05) is 13.0 Å². The molecule has 1 unspecified atom stereocenters. The molecule has 6 nitrogen and oxygen atoms in total. The lowest BCUT2D eigenvalue weighted by molar-refractivity contribution is -0.386. The minimum Gasteiger partial charge on any atom is -0.487 e. The van der Waals surface area contributed by atoms with E-state index in [0.717, 1.165) is 25.8 Å². The predicted octanol–water partition coefficient (Wildman–Crippen LogP) is 2.51. The van der Waals surface area contributed by atoms with Gasteiger partial charge in [0.15, 0.2) is 0 Å². The summed E-state index contributed by atoms with van der Waals surface area (Å²) in [6, 6.07) is 5.21. The molecule has 0 saturated carbocycles. The number of benzene rings is 1. The molecule has 110 valence electrons. The second kappa shape index (κ2) is 7.09. The molecule has 1 aromatic rings. The van der Waals surface area contributed by atoms with Crippen LogP contribution in [-0.2, 0) is 0 Å². The van der Waals surface area contributed by atoms with Crippen molar-refractivity contribution in [3.05, 3.63) is 28.3 Å². The molecule has 1 aliphatic rings. The fraction of sp³-hybridized carbons (Fsp3) is 0.571. The topological polar surface area (TPSA) is 73.6 Å². The number of nitrogens with one attached hydrogen (secondary N) is 1. The van der Waals surface area contributed by atoms with E-state index >= 15 is 0 Å². The lowest BCUT2D eigenvalue weighted by Crippen LogP contribution is -2.28. The summed E-state index contributed by atoms with van der Waals surface area (Å²) in [5.41, 5.74) is -0.0843. The van der Waals surface area contributed by atoms with Gasteiger partial charge < -0.3 is 14.8 Å². The average Bonchev–Trinajstić information content (AvgIpc) is 2.95. The zero-order valence-electron chi connectivity index (χ0n) is 11.6. The van der Waals surface area contributed by atoms with Gasteiger partial charge >= 0.3 is 5.69 Å². The summed E-state index contributed by atoms with van der Waals surface area (Å²) < 4.78 is 11.0. The second-order valence-electron chi connectivity index (χ2n) is 4.81. The minimum absolute atomic E-state index is 0.0843. The number of nitro benzene ring substituents is 1. The Hall–Kier alpha value is -1.82. The molecule has 1 heterocycles. The molecule has 0 amide bonds. The molecule has 0 aromatic heterocycles. The Morgan fingerprint density at radius 3 is 2.75 bits per heavy atom. The highest BCUT2D eigenvalue weighted by molar-refractivity contribution is 5.57. The van der Waals surface area contributed by atoms with Gasteiger partial charge in [0, 0.05) is 6.04 Å². The summed E-state index contributed by atoms with van der Waals surface area (Å²) in [5.74, 6) is 0.547. The quantitative estimate of drug-likeness (QED) is 0.613. The molecule has 6 heteroatoms. The molecule has 1 fully saturated rings. The third kappa shape index (κ3) is 3.60. The zero-order valence-corrected chi connectivity index (χ0v) is 11.6. The third-order valence-corrected chi connectivity index (χ3v) is 3.21. The van der Waals surface area contributed by atoms with E-state index in [4.69, 9.17) is 9.47 Å². The van der Waals surface area contributed by atoms with Crippen molar-refractivity contribution in [1.82, 2.24) is 5.32 Å². The summed E-state index contributed by atoms with van der Waals surface area (Å²) in [7, 11) is 0. The van der Waals surface area contributed by atoms with Gasteiger partial charge in [-0.05, 0) is 37.9 Å². The van der Waals surface area contributed by atoms with Crippen LogP contribution in [0.5, 0.6) is 11.5 Å².